The second kappa shape index (κ2) is 6.13. The third-order valence-electron chi connectivity index (χ3n) is 4.42. The highest BCUT2D eigenvalue weighted by atomic mass is 79.9. The molecule has 0 radical (unpaired) electrons. The number of halogens is 2. The first kappa shape index (κ1) is 13.9. The maximum absolute atomic E-state index is 6.21. The molecule has 1 N–H and O–H groups in total. The maximum Gasteiger partial charge on any atom is 0.0410 e. The summed E-state index contributed by atoms with van der Waals surface area (Å²) in [6.45, 7) is 4.48. The molecule has 1 aromatic carbocycles. The lowest BCUT2D eigenvalue weighted by Gasteiger charge is -2.43. The second-order valence-corrected chi connectivity index (χ2v) is 6.88. The lowest BCUT2D eigenvalue weighted by molar-refractivity contribution is 0.0832. The molecule has 104 valence electrons. The first-order valence-electron chi connectivity index (χ1n) is 7.15. The molecule has 3 rings (SSSR count). The zero-order valence-electron chi connectivity index (χ0n) is 11.0. The van der Waals surface area contributed by atoms with E-state index in [1.165, 1.54) is 29.3 Å². The van der Waals surface area contributed by atoms with Gasteiger partial charge in [-0.25, -0.2) is 0 Å². The molecule has 0 amide bonds. The van der Waals surface area contributed by atoms with Crippen molar-refractivity contribution in [3.63, 3.8) is 0 Å². The smallest absolute Gasteiger partial charge is 0.0410 e. The molecule has 4 heteroatoms. The van der Waals surface area contributed by atoms with Crippen LogP contribution in [0.15, 0.2) is 22.7 Å². The van der Waals surface area contributed by atoms with Crippen molar-refractivity contribution in [3.8, 4) is 0 Å². The van der Waals surface area contributed by atoms with Gasteiger partial charge in [0, 0.05) is 41.7 Å². The normalized spacial score (nSPS) is 23.1. The Labute approximate surface area is 128 Å². The zero-order chi connectivity index (χ0) is 13.2. The van der Waals surface area contributed by atoms with Gasteiger partial charge in [-0.2, -0.15) is 0 Å². The van der Waals surface area contributed by atoms with Crippen LogP contribution in [-0.4, -0.2) is 31.1 Å². The average molecular weight is 344 g/mol. The van der Waals surface area contributed by atoms with Crippen molar-refractivity contribution in [2.45, 2.75) is 25.3 Å². The van der Waals surface area contributed by atoms with Gasteiger partial charge in [0.2, 0.25) is 0 Å². The summed E-state index contributed by atoms with van der Waals surface area (Å²) in [4.78, 5) is 2.64. The van der Waals surface area contributed by atoms with Crippen molar-refractivity contribution < 1.29 is 0 Å². The molecular weight excluding hydrogens is 324 g/mol. The highest BCUT2D eigenvalue weighted by molar-refractivity contribution is 9.10. The summed E-state index contributed by atoms with van der Waals surface area (Å²) < 4.78 is 1.20. The van der Waals surface area contributed by atoms with Crippen LogP contribution in [0.3, 0.4) is 0 Å². The van der Waals surface area contributed by atoms with E-state index in [2.05, 4.69) is 38.3 Å². The number of benzene rings is 1. The molecule has 1 atom stereocenters. The van der Waals surface area contributed by atoms with Crippen LogP contribution in [0.5, 0.6) is 0 Å². The molecule has 0 unspecified atom stereocenters. The predicted molar refractivity (Wildman–Crippen MR) is 83.7 cm³/mol. The van der Waals surface area contributed by atoms with Crippen LogP contribution >= 0.6 is 27.5 Å². The minimum Gasteiger partial charge on any atom is -0.314 e. The van der Waals surface area contributed by atoms with Crippen molar-refractivity contribution in [2.24, 2.45) is 5.92 Å². The summed E-state index contributed by atoms with van der Waals surface area (Å²) >= 11 is 9.93. The van der Waals surface area contributed by atoms with E-state index in [4.69, 9.17) is 11.6 Å². The molecule has 0 spiro atoms. The molecule has 1 aliphatic carbocycles. The molecule has 0 bridgehead atoms. The Bertz CT molecular complexity index is 442. The molecule has 1 saturated heterocycles. The van der Waals surface area contributed by atoms with Gasteiger partial charge >= 0.3 is 0 Å². The van der Waals surface area contributed by atoms with Gasteiger partial charge in [0.05, 0.1) is 0 Å². The third-order valence-corrected chi connectivity index (χ3v) is 5.38. The Morgan fingerprint density at radius 3 is 2.63 bits per heavy atom. The fourth-order valence-electron chi connectivity index (χ4n) is 3.21. The quantitative estimate of drug-likeness (QED) is 0.897. The van der Waals surface area contributed by atoms with Crippen LogP contribution in [0.4, 0.5) is 0 Å². The predicted octanol–water partition coefficient (Wildman–Crippen LogP) is 3.85. The monoisotopic (exact) mass is 342 g/mol. The minimum atomic E-state index is 0.531. The Morgan fingerprint density at radius 1 is 1.26 bits per heavy atom. The number of piperazine rings is 1. The molecule has 0 aromatic heterocycles. The topological polar surface area (TPSA) is 15.3 Å². The minimum absolute atomic E-state index is 0.531. The average Bonchev–Trinajstić information content (AvgIpc) is 2.38. The number of hydrogen-bond donors (Lipinski definition) is 1. The van der Waals surface area contributed by atoms with E-state index in [0.717, 1.165) is 37.1 Å². The maximum atomic E-state index is 6.21. The van der Waals surface area contributed by atoms with E-state index in [9.17, 15) is 0 Å². The molecule has 2 nitrogen and oxygen atoms in total. The lowest BCUT2D eigenvalue weighted by atomic mass is 9.76. The van der Waals surface area contributed by atoms with Crippen molar-refractivity contribution in [1.29, 1.82) is 0 Å². The summed E-state index contributed by atoms with van der Waals surface area (Å²) in [6.07, 6.45) is 4.09. The molecular formula is C15H20BrClN2. The van der Waals surface area contributed by atoms with Crippen LogP contribution in [0.2, 0.25) is 5.02 Å². The highest BCUT2D eigenvalue weighted by Crippen LogP contribution is 2.44. The van der Waals surface area contributed by atoms with Crippen LogP contribution in [0, 0.1) is 5.92 Å². The van der Waals surface area contributed by atoms with E-state index in [0.29, 0.717) is 6.04 Å². The van der Waals surface area contributed by atoms with E-state index in [1.54, 1.807) is 0 Å². The van der Waals surface area contributed by atoms with E-state index >= 15 is 0 Å². The Kier molecular flexibility index (Phi) is 4.47. The highest BCUT2D eigenvalue weighted by Gasteiger charge is 2.34. The molecule has 2 aliphatic rings. The number of nitrogens with zero attached hydrogens (tertiary/aromatic N) is 1. The van der Waals surface area contributed by atoms with E-state index in [-0.39, 0.29) is 0 Å². The van der Waals surface area contributed by atoms with Crippen LogP contribution < -0.4 is 5.32 Å². The van der Waals surface area contributed by atoms with Gasteiger partial charge in [-0.3, -0.25) is 4.90 Å². The van der Waals surface area contributed by atoms with Crippen molar-refractivity contribution in [3.05, 3.63) is 33.3 Å². The summed E-state index contributed by atoms with van der Waals surface area (Å²) in [5.41, 5.74) is 1.37. The van der Waals surface area contributed by atoms with Crippen LogP contribution in [0.25, 0.3) is 0 Å². The van der Waals surface area contributed by atoms with Gasteiger partial charge in [0.15, 0.2) is 0 Å². The summed E-state index contributed by atoms with van der Waals surface area (Å²) in [7, 11) is 0. The van der Waals surface area contributed by atoms with Crippen LogP contribution in [0.1, 0.15) is 30.9 Å². The SMILES string of the molecule is Clc1ccc(Br)c([C@H](C2CCC2)N2CCNCC2)c1. The van der Waals surface area contributed by atoms with Gasteiger partial charge in [0.1, 0.15) is 0 Å². The number of nitrogens with one attached hydrogen (secondary N) is 1. The van der Waals surface area contributed by atoms with Crippen LogP contribution in [-0.2, 0) is 0 Å². The zero-order valence-corrected chi connectivity index (χ0v) is 13.4. The first-order chi connectivity index (χ1) is 9.25. The van der Waals surface area contributed by atoms with Crippen molar-refractivity contribution in [1.82, 2.24) is 10.2 Å². The van der Waals surface area contributed by atoms with E-state index < -0.39 is 0 Å². The number of rotatable bonds is 3. The third kappa shape index (κ3) is 2.99. The number of hydrogen-bond acceptors (Lipinski definition) is 2. The Balaban J connectivity index is 1.90. The first-order valence-corrected chi connectivity index (χ1v) is 8.32. The fourth-order valence-corrected chi connectivity index (χ4v) is 3.87. The van der Waals surface area contributed by atoms with Crippen molar-refractivity contribution >= 4 is 27.5 Å². The summed E-state index contributed by atoms with van der Waals surface area (Å²) in [5.74, 6) is 0.799. The Hall–Kier alpha value is -0.0900. The molecule has 19 heavy (non-hydrogen) atoms. The Morgan fingerprint density at radius 2 is 2.00 bits per heavy atom. The molecule has 1 saturated carbocycles. The summed E-state index contributed by atoms with van der Waals surface area (Å²) in [6, 6.07) is 6.73. The molecule has 1 aromatic rings. The summed E-state index contributed by atoms with van der Waals surface area (Å²) in [5, 5.41) is 4.29. The van der Waals surface area contributed by atoms with Gasteiger partial charge in [-0.05, 0) is 42.5 Å². The van der Waals surface area contributed by atoms with Gasteiger partial charge in [-0.15, -0.1) is 0 Å². The van der Waals surface area contributed by atoms with E-state index in [1.807, 2.05) is 6.07 Å². The fraction of sp³-hybridized carbons (Fsp3) is 0.600. The lowest BCUT2D eigenvalue weighted by Crippen LogP contribution is -2.47. The molecule has 2 fully saturated rings. The van der Waals surface area contributed by atoms with Gasteiger partial charge in [0.25, 0.3) is 0 Å². The molecule has 1 heterocycles. The molecule has 1 aliphatic heterocycles. The largest absolute Gasteiger partial charge is 0.314 e. The van der Waals surface area contributed by atoms with Gasteiger partial charge < -0.3 is 5.32 Å². The second-order valence-electron chi connectivity index (χ2n) is 5.59. The van der Waals surface area contributed by atoms with Crippen molar-refractivity contribution in [2.75, 3.05) is 26.2 Å². The van der Waals surface area contributed by atoms with Gasteiger partial charge in [-0.1, -0.05) is 34.0 Å². The standard InChI is InChI=1S/C15H20BrClN2/c16-14-5-4-12(17)10-13(14)15(11-2-1-3-11)19-8-6-18-7-9-19/h4-5,10-11,15,18H,1-3,6-9H2/t15-/m0/s1.